The van der Waals surface area contributed by atoms with E-state index in [4.69, 9.17) is 5.73 Å². The highest BCUT2D eigenvalue weighted by atomic mass is 16.1. The van der Waals surface area contributed by atoms with Crippen LogP contribution < -0.4 is 5.73 Å². The van der Waals surface area contributed by atoms with Crippen molar-refractivity contribution in [3.05, 3.63) is 71.8 Å². The fourth-order valence-electron chi connectivity index (χ4n) is 2.00. The van der Waals surface area contributed by atoms with Gasteiger partial charge in [-0.15, -0.1) is 0 Å². The zero-order valence-electron chi connectivity index (χ0n) is 9.54. The van der Waals surface area contributed by atoms with Crippen LogP contribution in [0.1, 0.15) is 24.9 Å². The van der Waals surface area contributed by atoms with E-state index in [2.05, 4.69) is 0 Å². The second kappa shape index (κ2) is 5.30. The summed E-state index contributed by atoms with van der Waals surface area (Å²) >= 11 is 0. The number of hydrogen-bond acceptors (Lipinski definition) is 1. The molecule has 0 atom stereocenters. The minimum atomic E-state index is -0.275. The highest BCUT2D eigenvalue weighted by Gasteiger charge is 2.15. The first-order valence-corrected chi connectivity index (χ1v) is 5.65. The van der Waals surface area contributed by atoms with E-state index in [-0.39, 0.29) is 13.3 Å². The predicted octanol–water partition coefficient (Wildman–Crippen LogP) is 2.94. The van der Waals surface area contributed by atoms with Crippen molar-refractivity contribution in [2.24, 2.45) is 5.73 Å². The Labute approximate surface area is 103 Å². The van der Waals surface area contributed by atoms with E-state index < -0.39 is 0 Å². The van der Waals surface area contributed by atoms with Crippen molar-refractivity contribution in [1.29, 1.82) is 0 Å². The molecule has 2 heteroatoms. The van der Waals surface area contributed by atoms with Crippen LogP contribution in [0.2, 0.25) is 0 Å². The lowest BCUT2D eigenvalue weighted by molar-refractivity contribution is -0.118. The van der Waals surface area contributed by atoms with Crippen LogP contribution in [-0.4, -0.2) is 5.91 Å². The Hall–Kier alpha value is -2.09. The number of benzene rings is 2. The third-order valence-corrected chi connectivity index (χ3v) is 2.81. The zero-order chi connectivity index (χ0) is 12.1. The monoisotopic (exact) mass is 227 g/mol. The second-order valence-corrected chi connectivity index (χ2v) is 4.04. The maximum atomic E-state index is 11.2. The Bertz CT molecular complexity index is 445. The molecule has 0 aliphatic rings. The van der Waals surface area contributed by atoms with Crippen molar-refractivity contribution < 1.29 is 6.22 Å². The third-order valence-electron chi connectivity index (χ3n) is 2.81. The molecule has 88 valence electrons. The van der Waals surface area contributed by atoms with Gasteiger partial charge in [0.15, 0.2) is 0 Å². The van der Waals surface area contributed by atoms with Crippen LogP contribution in [0.25, 0.3) is 0 Å². The number of rotatable bonds is 4. The molecule has 0 aliphatic carbocycles. The fraction of sp³-hybridized carbons (Fsp3) is 0.133. The molecule has 2 nitrogen and oxygen atoms in total. The summed E-state index contributed by atoms with van der Waals surface area (Å²) in [4.78, 5) is 11.2. The number of hydrogen-bond donors (Lipinski definition) is 1. The largest absolute Gasteiger partial charge is 0.370 e. The van der Waals surface area contributed by atoms with Crippen LogP contribution in [0.15, 0.2) is 60.7 Å². The van der Waals surface area contributed by atoms with Crippen LogP contribution in [-0.2, 0) is 4.79 Å². The summed E-state index contributed by atoms with van der Waals surface area (Å²) in [5.41, 5.74) is 7.57. The minimum Gasteiger partial charge on any atom is -0.370 e. The Kier molecular flexibility index (Phi) is 3.55. The summed E-state index contributed by atoms with van der Waals surface area (Å²) in [7, 11) is 0. The van der Waals surface area contributed by atoms with Gasteiger partial charge in [-0.05, 0) is 11.1 Å². The van der Waals surface area contributed by atoms with Gasteiger partial charge in [0.2, 0.25) is 5.91 Å². The van der Waals surface area contributed by atoms with Gasteiger partial charge in [0.25, 0.3) is 0 Å². The normalized spacial score (nSPS) is 10.4. The number of nitrogens with two attached hydrogens (primary N) is 1. The van der Waals surface area contributed by atoms with Gasteiger partial charge in [-0.1, -0.05) is 60.7 Å². The fourth-order valence-corrected chi connectivity index (χ4v) is 2.00. The van der Waals surface area contributed by atoms with E-state index >= 15 is 0 Å². The van der Waals surface area contributed by atoms with Gasteiger partial charge in [0.1, 0.15) is 0 Å². The number of carbonyl (C=O) groups excluding carboxylic acids is 1. The Morgan fingerprint density at radius 3 is 1.71 bits per heavy atom. The average Bonchev–Trinajstić information content (AvgIpc) is 2.38. The van der Waals surface area contributed by atoms with E-state index in [0.29, 0.717) is 6.42 Å². The Morgan fingerprint density at radius 1 is 0.941 bits per heavy atom. The SMILES string of the molecule is NC(=O)CC(c1ccccc1)c1ccccc1.[HH]. The van der Waals surface area contributed by atoms with Crippen molar-refractivity contribution in [2.45, 2.75) is 12.3 Å². The lowest BCUT2D eigenvalue weighted by atomic mass is 9.88. The summed E-state index contributed by atoms with van der Waals surface area (Å²) in [6.45, 7) is 0. The van der Waals surface area contributed by atoms with Gasteiger partial charge in [0, 0.05) is 13.8 Å². The smallest absolute Gasteiger partial charge is 0.218 e. The van der Waals surface area contributed by atoms with Crippen LogP contribution in [0, 0.1) is 0 Å². The second-order valence-electron chi connectivity index (χ2n) is 4.04. The topological polar surface area (TPSA) is 43.1 Å². The van der Waals surface area contributed by atoms with Crippen molar-refractivity contribution in [3.8, 4) is 0 Å². The molecule has 0 aliphatic heterocycles. The van der Waals surface area contributed by atoms with Gasteiger partial charge in [-0.2, -0.15) is 0 Å². The van der Waals surface area contributed by atoms with Crippen LogP contribution in [0.3, 0.4) is 0 Å². The van der Waals surface area contributed by atoms with Gasteiger partial charge >= 0.3 is 0 Å². The maximum Gasteiger partial charge on any atom is 0.218 e. The van der Waals surface area contributed by atoms with E-state index in [1.807, 2.05) is 60.7 Å². The van der Waals surface area contributed by atoms with E-state index in [1.165, 1.54) is 0 Å². The first-order valence-electron chi connectivity index (χ1n) is 5.65. The number of primary amides is 1. The zero-order valence-corrected chi connectivity index (χ0v) is 9.54. The van der Waals surface area contributed by atoms with Gasteiger partial charge in [-0.3, -0.25) is 4.79 Å². The molecule has 0 spiro atoms. The molecule has 2 aromatic rings. The van der Waals surface area contributed by atoms with Gasteiger partial charge in [-0.25, -0.2) is 0 Å². The Balaban J connectivity index is 0.00000162. The molecule has 0 unspecified atom stereocenters. The van der Waals surface area contributed by atoms with Crippen LogP contribution in [0.4, 0.5) is 0 Å². The van der Waals surface area contributed by atoms with Crippen molar-refractivity contribution in [1.82, 2.24) is 0 Å². The third kappa shape index (κ3) is 2.94. The van der Waals surface area contributed by atoms with Crippen molar-refractivity contribution >= 4 is 5.91 Å². The molecular weight excluding hydrogens is 210 g/mol. The highest BCUT2D eigenvalue weighted by molar-refractivity contribution is 5.75. The molecule has 0 heterocycles. The summed E-state index contributed by atoms with van der Waals surface area (Å²) in [6, 6.07) is 20.0. The maximum absolute atomic E-state index is 11.2. The highest BCUT2D eigenvalue weighted by Crippen LogP contribution is 2.27. The van der Waals surface area contributed by atoms with Gasteiger partial charge < -0.3 is 5.73 Å². The average molecular weight is 227 g/mol. The van der Waals surface area contributed by atoms with E-state index in [9.17, 15) is 4.79 Å². The molecular formula is C15H17NO. The summed E-state index contributed by atoms with van der Waals surface area (Å²) in [6.07, 6.45) is 0.341. The molecule has 0 saturated heterocycles. The quantitative estimate of drug-likeness (QED) is 0.857. The first-order chi connectivity index (χ1) is 8.27. The number of amides is 1. The first kappa shape index (κ1) is 11.4. The minimum absolute atomic E-state index is 0. The summed E-state index contributed by atoms with van der Waals surface area (Å²) in [5, 5.41) is 0. The van der Waals surface area contributed by atoms with Crippen LogP contribution in [0.5, 0.6) is 0 Å². The molecule has 0 saturated carbocycles. The molecule has 0 aromatic heterocycles. The molecule has 2 N–H and O–H groups in total. The van der Waals surface area contributed by atoms with Gasteiger partial charge in [0.05, 0.1) is 0 Å². The molecule has 0 fully saturated rings. The van der Waals surface area contributed by atoms with Crippen molar-refractivity contribution in [2.75, 3.05) is 0 Å². The number of carbonyl (C=O) groups is 1. The Morgan fingerprint density at radius 2 is 1.35 bits per heavy atom. The van der Waals surface area contributed by atoms with Crippen LogP contribution >= 0.6 is 0 Å². The van der Waals surface area contributed by atoms with E-state index in [1.54, 1.807) is 0 Å². The molecule has 17 heavy (non-hydrogen) atoms. The lowest BCUT2D eigenvalue weighted by Crippen LogP contribution is -2.16. The molecule has 0 bridgehead atoms. The lowest BCUT2D eigenvalue weighted by Gasteiger charge is -2.16. The molecule has 1 amide bonds. The summed E-state index contributed by atoms with van der Waals surface area (Å²) in [5.74, 6) is -0.224. The predicted molar refractivity (Wildman–Crippen MR) is 70.7 cm³/mol. The molecule has 2 aromatic carbocycles. The van der Waals surface area contributed by atoms with E-state index in [0.717, 1.165) is 11.1 Å². The summed E-state index contributed by atoms with van der Waals surface area (Å²) < 4.78 is 0. The van der Waals surface area contributed by atoms with Crippen molar-refractivity contribution in [3.63, 3.8) is 0 Å². The molecule has 0 radical (unpaired) electrons. The molecule has 2 rings (SSSR count). The standard InChI is InChI=1S/C15H15NO.H2/c16-15(17)11-14(12-7-3-1-4-8-12)13-9-5-2-6-10-13;/h1-10,14H,11H2,(H2,16,17);1H.